The van der Waals surface area contributed by atoms with Gasteiger partial charge in [0.1, 0.15) is 5.82 Å². The molecule has 5 rings (SSSR count). The Kier molecular flexibility index (Phi) is 4.85. The molecule has 1 saturated carbocycles. The van der Waals surface area contributed by atoms with Gasteiger partial charge >= 0.3 is 0 Å². The topological polar surface area (TPSA) is 56.0 Å². The Labute approximate surface area is 182 Å². The monoisotopic (exact) mass is 413 g/mol. The second-order valence-corrected chi connectivity index (χ2v) is 8.53. The van der Waals surface area contributed by atoms with Gasteiger partial charge in [0, 0.05) is 25.7 Å². The minimum atomic E-state index is 0.0295. The molecule has 0 aliphatic heterocycles. The molecule has 2 aromatic heterocycles. The van der Waals surface area contributed by atoms with Crippen LogP contribution in [0.5, 0.6) is 0 Å². The van der Waals surface area contributed by atoms with Crippen molar-refractivity contribution in [1.82, 2.24) is 24.2 Å². The fraction of sp³-hybridized carbons (Fsp3) is 0.320. The van der Waals surface area contributed by atoms with Gasteiger partial charge in [-0.2, -0.15) is 5.10 Å². The van der Waals surface area contributed by atoms with Crippen molar-refractivity contribution in [2.45, 2.75) is 32.4 Å². The first-order valence-electron chi connectivity index (χ1n) is 10.7. The number of aryl methyl sites for hydroxylation is 3. The number of carbonyl (C=O) groups is 1. The fourth-order valence-corrected chi connectivity index (χ4v) is 4.40. The van der Waals surface area contributed by atoms with Gasteiger partial charge in [0.25, 0.3) is 0 Å². The summed E-state index contributed by atoms with van der Waals surface area (Å²) in [5, 5.41) is 4.59. The van der Waals surface area contributed by atoms with Gasteiger partial charge in [-0.25, -0.2) is 4.98 Å². The minimum Gasteiger partial charge on any atom is -0.330 e. The number of aromatic nitrogens is 4. The normalized spacial score (nSPS) is 17.8. The van der Waals surface area contributed by atoms with Gasteiger partial charge in [0.15, 0.2) is 0 Å². The molecule has 158 valence electrons. The second-order valence-electron chi connectivity index (χ2n) is 8.53. The molecule has 0 spiro atoms. The van der Waals surface area contributed by atoms with Gasteiger partial charge in [-0.1, -0.05) is 42.5 Å². The van der Waals surface area contributed by atoms with Crippen molar-refractivity contribution in [3.05, 3.63) is 83.4 Å². The highest BCUT2D eigenvalue weighted by Crippen LogP contribution is 2.48. The fourth-order valence-electron chi connectivity index (χ4n) is 4.40. The maximum absolute atomic E-state index is 13.6. The van der Waals surface area contributed by atoms with E-state index in [4.69, 9.17) is 4.98 Å². The smallest absolute Gasteiger partial charge is 0.227 e. The van der Waals surface area contributed by atoms with E-state index < -0.39 is 0 Å². The molecule has 4 aromatic rings. The Morgan fingerprint density at radius 3 is 2.52 bits per heavy atom. The Hall–Kier alpha value is -3.41. The lowest BCUT2D eigenvalue weighted by atomic mass is 10.1. The number of nitrogens with zero attached hydrogens (tertiary/aromatic N) is 5. The van der Waals surface area contributed by atoms with Crippen molar-refractivity contribution in [2.24, 2.45) is 20.0 Å². The molecule has 2 atom stereocenters. The first kappa shape index (κ1) is 19.5. The molecule has 6 nitrogen and oxygen atoms in total. The van der Waals surface area contributed by atoms with E-state index in [9.17, 15) is 4.79 Å². The van der Waals surface area contributed by atoms with Crippen LogP contribution in [0.4, 0.5) is 0 Å². The summed E-state index contributed by atoms with van der Waals surface area (Å²) in [7, 11) is 3.95. The number of rotatable bonds is 6. The summed E-state index contributed by atoms with van der Waals surface area (Å²) >= 11 is 0. The van der Waals surface area contributed by atoms with Gasteiger partial charge in [0.2, 0.25) is 5.91 Å². The van der Waals surface area contributed by atoms with E-state index in [1.807, 2.05) is 67.0 Å². The average molecular weight is 414 g/mol. The van der Waals surface area contributed by atoms with E-state index in [1.54, 1.807) is 0 Å². The Morgan fingerprint density at radius 1 is 1.06 bits per heavy atom. The number of amides is 1. The van der Waals surface area contributed by atoms with Crippen LogP contribution in [0.1, 0.15) is 35.1 Å². The zero-order valence-electron chi connectivity index (χ0n) is 18.2. The highest BCUT2D eigenvalue weighted by Gasteiger charge is 2.45. The second kappa shape index (κ2) is 7.69. The third kappa shape index (κ3) is 3.74. The molecule has 1 fully saturated rings. The molecule has 1 amide bonds. The van der Waals surface area contributed by atoms with Crippen molar-refractivity contribution in [3.8, 4) is 0 Å². The van der Waals surface area contributed by atoms with Gasteiger partial charge in [0.05, 0.1) is 29.8 Å². The number of carbonyl (C=O) groups excluding carboxylic acids is 1. The highest BCUT2D eigenvalue weighted by molar-refractivity contribution is 5.83. The maximum Gasteiger partial charge on any atom is 0.227 e. The zero-order chi connectivity index (χ0) is 21.5. The third-order valence-electron chi connectivity index (χ3n) is 6.38. The molecule has 0 bridgehead atoms. The lowest BCUT2D eigenvalue weighted by molar-refractivity contribution is -0.134. The van der Waals surface area contributed by atoms with E-state index in [-0.39, 0.29) is 11.8 Å². The van der Waals surface area contributed by atoms with Crippen molar-refractivity contribution in [2.75, 3.05) is 0 Å². The third-order valence-corrected chi connectivity index (χ3v) is 6.38. The van der Waals surface area contributed by atoms with E-state index in [0.717, 1.165) is 34.7 Å². The van der Waals surface area contributed by atoms with Crippen LogP contribution >= 0.6 is 0 Å². The Balaban J connectivity index is 1.42. The molecule has 31 heavy (non-hydrogen) atoms. The number of hydrogen-bond donors (Lipinski definition) is 0. The molecular formula is C25H27N5O. The minimum absolute atomic E-state index is 0.0295. The molecule has 2 heterocycles. The summed E-state index contributed by atoms with van der Waals surface area (Å²) in [5.41, 5.74) is 5.27. The standard InChI is InChI=1S/C25H27N5O/c1-17-13-19(27-29(17)3)15-30(16-24-26-22-11-7-8-12-23(22)28(24)2)25(31)21-14-20(21)18-9-5-4-6-10-18/h4-13,20-21H,14-16H2,1-3H3/t20-,21-/m0/s1. The van der Waals surface area contributed by atoms with E-state index in [1.165, 1.54) is 5.56 Å². The highest BCUT2D eigenvalue weighted by atomic mass is 16.2. The Bertz CT molecular complexity index is 1220. The van der Waals surface area contributed by atoms with Crippen LogP contribution in [0.15, 0.2) is 60.7 Å². The largest absolute Gasteiger partial charge is 0.330 e. The van der Waals surface area contributed by atoms with Crippen LogP contribution in [0, 0.1) is 12.8 Å². The molecular weight excluding hydrogens is 386 g/mol. The molecule has 0 N–H and O–H groups in total. The maximum atomic E-state index is 13.6. The molecule has 0 unspecified atom stereocenters. The lowest BCUT2D eigenvalue weighted by Gasteiger charge is -2.22. The van der Waals surface area contributed by atoms with Crippen LogP contribution in [0.25, 0.3) is 11.0 Å². The summed E-state index contributed by atoms with van der Waals surface area (Å²) in [4.78, 5) is 20.3. The molecule has 1 aliphatic rings. The van der Waals surface area contributed by atoms with Crippen LogP contribution in [0.2, 0.25) is 0 Å². The molecule has 0 saturated heterocycles. The van der Waals surface area contributed by atoms with Crippen LogP contribution in [-0.2, 0) is 32.0 Å². The van der Waals surface area contributed by atoms with Crippen molar-refractivity contribution in [3.63, 3.8) is 0 Å². The summed E-state index contributed by atoms with van der Waals surface area (Å²) < 4.78 is 3.94. The van der Waals surface area contributed by atoms with Crippen LogP contribution < -0.4 is 0 Å². The number of benzene rings is 2. The predicted molar refractivity (Wildman–Crippen MR) is 120 cm³/mol. The SMILES string of the molecule is Cc1cc(CN(Cc2nc3ccccc3n2C)C(=O)[C@H]2C[C@H]2c2ccccc2)nn1C. The van der Waals surface area contributed by atoms with Crippen molar-refractivity contribution >= 4 is 16.9 Å². The first-order chi connectivity index (χ1) is 15.0. The van der Waals surface area contributed by atoms with E-state index in [2.05, 4.69) is 33.9 Å². The number of imidazole rings is 1. The van der Waals surface area contributed by atoms with Crippen LogP contribution in [0.3, 0.4) is 0 Å². The molecule has 1 aliphatic carbocycles. The number of hydrogen-bond acceptors (Lipinski definition) is 3. The van der Waals surface area contributed by atoms with Crippen molar-refractivity contribution in [1.29, 1.82) is 0 Å². The van der Waals surface area contributed by atoms with Crippen molar-refractivity contribution < 1.29 is 4.79 Å². The predicted octanol–water partition coefficient (Wildman–Crippen LogP) is 3.95. The number of para-hydroxylation sites is 2. The average Bonchev–Trinajstić information content (AvgIpc) is 3.44. The summed E-state index contributed by atoms with van der Waals surface area (Å²) in [6.45, 7) is 2.99. The van der Waals surface area contributed by atoms with Gasteiger partial charge < -0.3 is 9.47 Å². The summed E-state index contributed by atoms with van der Waals surface area (Å²) in [6, 6.07) is 20.5. The van der Waals surface area contributed by atoms with Gasteiger partial charge in [-0.3, -0.25) is 9.48 Å². The Morgan fingerprint density at radius 2 is 1.81 bits per heavy atom. The van der Waals surface area contributed by atoms with E-state index >= 15 is 0 Å². The van der Waals surface area contributed by atoms with Crippen LogP contribution in [-0.4, -0.2) is 30.1 Å². The summed E-state index contributed by atoms with van der Waals surface area (Å²) in [6.07, 6.45) is 0.906. The molecule has 2 aromatic carbocycles. The number of fused-ring (bicyclic) bond motifs is 1. The quantitative estimate of drug-likeness (QED) is 0.481. The first-order valence-corrected chi connectivity index (χ1v) is 10.7. The van der Waals surface area contributed by atoms with E-state index in [0.29, 0.717) is 19.0 Å². The zero-order valence-corrected chi connectivity index (χ0v) is 18.2. The van der Waals surface area contributed by atoms with Gasteiger partial charge in [-0.15, -0.1) is 0 Å². The molecule has 0 radical (unpaired) electrons. The van der Waals surface area contributed by atoms with Gasteiger partial charge in [-0.05, 0) is 43.0 Å². The molecule has 6 heteroatoms. The summed E-state index contributed by atoms with van der Waals surface area (Å²) in [5.74, 6) is 1.41. The lowest BCUT2D eigenvalue weighted by Crippen LogP contribution is -2.33.